The Kier molecular flexibility index (Phi) is 4.76. The molecule has 25 heavy (non-hydrogen) atoms. The average molecular weight is 362 g/mol. The minimum absolute atomic E-state index is 0.130. The smallest absolute Gasteiger partial charge is 0.251 e. The molecule has 1 saturated heterocycles. The number of sulfonamides is 1. The van der Waals surface area contributed by atoms with Crippen LogP contribution < -0.4 is 9.62 Å². The van der Waals surface area contributed by atoms with E-state index in [2.05, 4.69) is 5.32 Å². The molecule has 0 aliphatic carbocycles. The van der Waals surface area contributed by atoms with E-state index in [4.69, 9.17) is 0 Å². The summed E-state index contributed by atoms with van der Waals surface area (Å²) in [5, 5.41) is 2.84. The minimum Gasteiger partial charge on any atom is -0.346 e. The topological polar surface area (TPSA) is 66.5 Å². The molecular formula is C18H19FN2O3S. The Morgan fingerprint density at radius 2 is 1.92 bits per heavy atom. The monoisotopic (exact) mass is 362 g/mol. The molecule has 1 aliphatic rings. The van der Waals surface area contributed by atoms with Gasteiger partial charge in [-0.3, -0.25) is 9.10 Å². The summed E-state index contributed by atoms with van der Waals surface area (Å²) in [5.74, 6) is -0.512. The van der Waals surface area contributed by atoms with Gasteiger partial charge in [0, 0.05) is 12.1 Å². The predicted octanol–water partition coefficient (Wildman–Crippen LogP) is 2.86. The third-order valence-corrected chi connectivity index (χ3v) is 6.08. The first-order chi connectivity index (χ1) is 11.9. The number of benzene rings is 2. The highest BCUT2D eigenvalue weighted by atomic mass is 32.2. The molecule has 0 spiro atoms. The second-order valence-electron chi connectivity index (χ2n) is 6.04. The van der Waals surface area contributed by atoms with Gasteiger partial charge in [0.05, 0.1) is 17.5 Å². The van der Waals surface area contributed by atoms with E-state index in [9.17, 15) is 17.6 Å². The molecule has 0 unspecified atom stereocenters. The van der Waals surface area contributed by atoms with Gasteiger partial charge in [-0.25, -0.2) is 12.8 Å². The Morgan fingerprint density at radius 1 is 1.20 bits per heavy atom. The van der Waals surface area contributed by atoms with E-state index in [1.54, 1.807) is 43.3 Å². The Bertz CT molecular complexity index is 881. The van der Waals surface area contributed by atoms with Gasteiger partial charge in [0.1, 0.15) is 5.82 Å². The molecule has 5 nitrogen and oxygen atoms in total. The van der Waals surface area contributed by atoms with Crippen LogP contribution in [0.1, 0.15) is 35.3 Å². The van der Waals surface area contributed by atoms with Crippen LogP contribution in [0.4, 0.5) is 10.1 Å². The molecule has 132 valence electrons. The highest BCUT2D eigenvalue weighted by molar-refractivity contribution is 7.93. The summed E-state index contributed by atoms with van der Waals surface area (Å²) in [6, 6.07) is 12.2. The second-order valence-corrected chi connectivity index (χ2v) is 8.05. The molecule has 0 radical (unpaired) electrons. The zero-order chi connectivity index (χ0) is 18.0. The summed E-state index contributed by atoms with van der Waals surface area (Å²) in [4.78, 5) is 12.5. The quantitative estimate of drug-likeness (QED) is 0.909. The van der Waals surface area contributed by atoms with Crippen molar-refractivity contribution in [2.24, 2.45) is 0 Å². The average Bonchev–Trinajstić information content (AvgIpc) is 2.94. The van der Waals surface area contributed by atoms with E-state index in [0.717, 1.165) is 5.56 Å². The van der Waals surface area contributed by atoms with Crippen LogP contribution in [0, 0.1) is 5.82 Å². The third kappa shape index (κ3) is 3.82. The Labute approximate surface area is 146 Å². The van der Waals surface area contributed by atoms with Crippen LogP contribution >= 0.6 is 0 Å². The molecule has 2 aromatic rings. The molecule has 0 bridgehead atoms. The fraction of sp³-hybridized carbons (Fsp3) is 0.278. The predicted molar refractivity (Wildman–Crippen MR) is 94.5 cm³/mol. The minimum atomic E-state index is -3.29. The maximum absolute atomic E-state index is 13.0. The summed E-state index contributed by atoms with van der Waals surface area (Å²) < 4.78 is 38.4. The molecule has 1 atom stereocenters. The van der Waals surface area contributed by atoms with E-state index in [1.807, 2.05) is 0 Å². The SMILES string of the molecule is C[C@H](NC(=O)c1cccc(N2CCCS2(=O)=O)c1)c1ccc(F)cc1. The number of nitrogens with zero attached hydrogens (tertiary/aromatic N) is 1. The largest absolute Gasteiger partial charge is 0.346 e. The summed E-state index contributed by atoms with van der Waals surface area (Å²) in [6.45, 7) is 2.24. The van der Waals surface area contributed by atoms with Gasteiger partial charge in [-0.05, 0) is 49.2 Å². The Morgan fingerprint density at radius 3 is 2.56 bits per heavy atom. The number of anilines is 1. The molecule has 1 heterocycles. The van der Waals surface area contributed by atoms with Crippen LogP contribution in [0.3, 0.4) is 0 Å². The summed E-state index contributed by atoms with van der Waals surface area (Å²) in [6.07, 6.45) is 0.584. The first kappa shape index (κ1) is 17.4. The number of amides is 1. The van der Waals surface area contributed by atoms with Crippen LogP contribution in [0.5, 0.6) is 0 Å². The number of hydrogen-bond acceptors (Lipinski definition) is 3. The van der Waals surface area contributed by atoms with Gasteiger partial charge in [0.15, 0.2) is 0 Å². The van der Waals surface area contributed by atoms with Gasteiger partial charge in [0.25, 0.3) is 5.91 Å². The number of carbonyl (C=O) groups excluding carboxylic acids is 1. The molecular weight excluding hydrogens is 343 g/mol. The van der Waals surface area contributed by atoms with Crippen LogP contribution in [-0.2, 0) is 10.0 Å². The molecule has 1 N–H and O–H groups in total. The van der Waals surface area contributed by atoms with Crippen LogP contribution in [0.25, 0.3) is 0 Å². The standard InChI is InChI=1S/C18H19FN2O3S/c1-13(14-6-8-16(19)9-7-14)20-18(22)15-4-2-5-17(12-15)21-10-3-11-25(21,23)24/h2,4-9,12-13H,3,10-11H2,1H3,(H,20,22)/t13-/m0/s1. The molecule has 0 aromatic heterocycles. The van der Waals surface area contributed by atoms with Gasteiger partial charge in [-0.1, -0.05) is 18.2 Å². The molecule has 1 aliphatic heterocycles. The van der Waals surface area contributed by atoms with Gasteiger partial charge in [-0.2, -0.15) is 0 Å². The van der Waals surface area contributed by atoms with Crippen molar-refractivity contribution in [1.82, 2.24) is 5.32 Å². The van der Waals surface area contributed by atoms with Gasteiger partial charge in [0.2, 0.25) is 10.0 Å². The van der Waals surface area contributed by atoms with Gasteiger partial charge in [-0.15, -0.1) is 0 Å². The van der Waals surface area contributed by atoms with Crippen molar-refractivity contribution in [2.45, 2.75) is 19.4 Å². The number of halogens is 1. The third-order valence-electron chi connectivity index (χ3n) is 4.21. The van der Waals surface area contributed by atoms with E-state index in [0.29, 0.717) is 24.2 Å². The molecule has 2 aromatic carbocycles. The van der Waals surface area contributed by atoms with Crippen molar-refractivity contribution >= 4 is 21.6 Å². The zero-order valence-corrected chi connectivity index (χ0v) is 14.6. The number of nitrogens with one attached hydrogen (secondary N) is 1. The van der Waals surface area contributed by atoms with Gasteiger partial charge >= 0.3 is 0 Å². The van der Waals surface area contributed by atoms with Crippen molar-refractivity contribution in [3.05, 3.63) is 65.5 Å². The van der Waals surface area contributed by atoms with Crippen molar-refractivity contribution in [3.8, 4) is 0 Å². The lowest BCUT2D eigenvalue weighted by Crippen LogP contribution is -2.28. The zero-order valence-electron chi connectivity index (χ0n) is 13.8. The van der Waals surface area contributed by atoms with E-state index in [1.165, 1.54) is 16.4 Å². The second kappa shape index (κ2) is 6.84. The van der Waals surface area contributed by atoms with Crippen molar-refractivity contribution in [1.29, 1.82) is 0 Å². The molecule has 1 amide bonds. The highest BCUT2D eigenvalue weighted by Crippen LogP contribution is 2.25. The van der Waals surface area contributed by atoms with Crippen LogP contribution in [0.2, 0.25) is 0 Å². The Hall–Kier alpha value is -2.41. The van der Waals surface area contributed by atoms with E-state index in [-0.39, 0.29) is 23.5 Å². The van der Waals surface area contributed by atoms with Crippen LogP contribution in [0.15, 0.2) is 48.5 Å². The van der Waals surface area contributed by atoms with Crippen LogP contribution in [-0.4, -0.2) is 26.6 Å². The molecule has 3 rings (SSSR count). The summed E-state index contributed by atoms with van der Waals surface area (Å²) in [5.41, 5.74) is 1.67. The summed E-state index contributed by atoms with van der Waals surface area (Å²) in [7, 11) is -3.29. The van der Waals surface area contributed by atoms with E-state index < -0.39 is 10.0 Å². The first-order valence-corrected chi connectivity index (χ1v) is 9.64. The molecule has 0 saturated carbocycles. The van der Waals surface area contributed by atoms with Crippen molar-refractivity contribution < 1.29 is 17.6 Å². The number of rotatable bonds is 4. The lowest BCUT2D eigenvalue weighted by Gasteiger charge is -2.18. The highest BCUT2D eigenvalue weighted by Gasteiger charge is 2.28. The first-order valence-electron chi connectivity index (χ1n) is 8.03. The molecule has 7 heteroatoms. The summed E-state index contributed by atoms with van der Waals surface area (Å²) >= 11 is 0. The fourth-order valence-electron chi connectivity index (χ4n) is 2.85. The molecule has 1 fully saturated rings. The van der Waals surface area contributed by atoms with Crippen molar-refractivity contribution in [2.75, 3.05) is 16.6 Å². The lowest BCUT2D eigenvalue weighted by atomic mass is 10.1. The fourth-order valence-corrected chi connectivity index (χ4v) is 4.40. The Balaban J connectivity index is 1.76. The normalized spacial score (nSPS) is 17.3. The number of carbonyl (C=O) groups is 1. The maximum atomic E-state index is 13.0. The lowest BCUT2D eigenvalue weighted by molar-refractivity contribution is 0.0940. The van der Waals surface area contributed by atoms with Crippen molar-refractivity contribution in [3.63, 3.8) is 0 Å². The van der Waals surface area contributed by atoms with Gasteiger partial charge < -0.3 is 5.32 Å². The number of hydrogen-bond donors (Lipinski definition) is 1. The maximum Gasteiger partial charge on any atom is 0.251 e. The van der Waals surface area contributed by atoms with E-state index >= 15 is 0 Å².